The number of benzene rings is 6. The molecule has 7 rings (SSSR count). The first-order chi connectivity index (χ1) is 18.1. The molecule has 0 heterocycles. The zero-order valence-electron chi connectivity index (χ0n) is 21.0. The molecule has 0 saturated carbocycles. The number of hydrogen-bond donors (Lipinski definition) is 2. The Labute approximate surface area is 217 Å². The van der Waals surface area contributed by atoms with E-state index in [-0.39, 0.29) is 5.41 Å². The van der Waals surface area contributed by atoms with Gasteiger partial charge >= 0.3 is 0 Å². The molecule has 0 radical (unpaired) electrons. The van der Waals surface area contributed by atoms with Gasteiger partial charge < -0.3 is 10.6 Å². The van der Waals surface area contributed by atoms with Crippen LogP contribution in [0.1, 0.15) is 25.0 Å². The van der Waals surface area contributed by atoms with Crippen molar-refractivity contribution in [2.24, 2.45) is 0 Å². The summed E-state index contributed by atoms with van der Waals surface area (Å²) in [6.07, 6.45) is 0. The summed E-state index contributed by atoms with van der Waals surface area (Å²) in [6.45, 7) is 4.67. The highest BCUT2D eigenvalue weighted by Crippen LogP contribution is 2.50. The van der Waals surface area contributed by atoms with Gasteiger partial charge in [-0.3, -0.25) is 0 Å². The SMILES string of the molecule is CC1(C)c2cc(Nc3cccc4ccccc34)ccc2-c2ccc(Nc3cccc4ccccc34)cc21. The molecule has 0 amide bonds. The molecule has 2 heteroatoms. The second-order valence-corrected chi connectivity index (χ2v) is 10.4. The maximum Gasteiger partial charge on any atom is 0.0463 e. The lowest BCUT2D eigenvalue weighted by atomic mass is 9.82. The fourth-order valence-electron chi connectivity index (χ4n) is 5.87. The Morgan fingerprint density at radius 2 is 0.892 bits per heavy atom. The Bertz CT molecular complexity index is 1670. The van der Waals surface area contributed by atoms with Gasteiger partial charge in [0.05, 0.1) is 0 Å². The molecule has 0 aliphatic heterocycles. The van der Waals surface area contributed by atoms with Crippen LogP contribution in [0.4, 0.5) is 22.7 Å². The zero-order valence-corrected chi connectivity index (χ0v) is 21.0. The minimum absolute atomic E-state index is 0.0996. The molecule has 0 fully saturated rings. The smallest absolute Gasteiger partial charge is 0.0463 e. The van der Waals surface area contributed by atoms with E-state index >= 15 is 0 Å². The molecule has 178 valence electrons. The van der Waals surface area contributed by atoms with Crippen LogP contribution in [0, 0.1) is 0 Å². The van der Waals surface area contributed by atoms with Gasteiger partial charge in [-0.1, -0.05) is 98.8 Å². The first-order valence-electron chi connectivity index (χ1n) is 12.9. The van der Waals surface area contributed by atoms with Gasteiger partial charge in [0.25, 0.3) is 0 Å². The van der Waals surface area contributed by atoms with Crippen LogP contribution in [-0.4, -0.2) is 0 Å². The summed E-state index contributed by atoms with van der Waals surface area (Å²) in [6, 6.07) is 43.5. The van der Waals surface area contributed by atoms with Gasteiger partial charge in [-0.15, -0.1) is 0 Å². The van der Waals surface area contributed by atoms with Gasteiger partial charge in [-0.05, 0) is 69.4 Å². The third-order valence-electron chi connectivity index (χ3n) is 7.81. The van der Waals surface area contributed by atoms with E-state index in [9.17, 15) is 0 Å². The average Bonchev–Trinajstić information content (AvgIpc) is 3.15. The Morgan fingerprint density at radius 3 is 1.38 bits per heavy atom. The molecular formula is C35H28N2. The van der Waals surface area contributed by atoms with Gasteiger partial charge in [0.2, 0.25) is 0 Å². The molecule has 0 spiro atoms. The quantitative estimate of drug-likeness (QED) is 0.264. The zero-order chi connectivity index (χ0) is 25.0. The fourth-order valence-corrected chi connectivity index (χ4v) is 5.87. The van der Waals surface area contributed by atoms with Crippen molar-refractivity contribution in [3.63, 3.8) is 0 Å². The second-order valence-electron chi connectivity index (χ2n) is 10.4. The second kappa shape index (κ2) is 8.25. The summed E-state index contributed by atoms with van der Waals surface area (Å²) in [5.74, 6) is 0. The minimum atomic E-state index is -0.0996. The monoisotopic (exact) mass is 476 g/mol. The molecule has 0 aromatic heterocycles. The molecular weight excluding hydrogens is 448 g/mol. The molecule has 37 heavy (non-hydrogen) atoms. The molecule has 6 aromatic carbocycles. The number of rotatable bonds is 4. The highest BCUT2D eigenvalue weighted by atomic mass is 14.9. The van der Waals surface area contributed by atoms with Crippen LogP contribution >= 0.6 is 0 Å². The maximum atomic E-state index is 3.69. The Kier molecular flexibility index (Phi) is 4.84. The molecule has 0 bridgehead atoms. The van der Waals surface area contributed by atoms with E-state index in [0.29, 0.717) is 0 Å². The van der Waals surface area contributed by atoms with Gasteiger partial charge in [0.1, 0.15) is 0 Å². The molecule has 0 atom stereocenters. The van der Waals surface area contributed by atoms with Gasteiger partial charge in [0.15, 0.2) is 0 Å². The first kappa shape index (κ1) is 21.7. The molecule has 0 unspecified atom stereocenters. The van der Waals surface area contributed by atoms with E-state index in [0.717, 1.165) is 22.7 Å². The van der Waals surface area contributed by atoms with Crippen molar-refractivity contribution in [1.29, 1.82) is 0 Å². The molecule has 2 nitrogen and oxygen atoms in total. The lowest BCUT2D eigenvalue weighted by molar-refractivity contribution is 0.661. The van der Waals surface area contributed by atoms with Crippen molar-refractivity contribution in [1.82, 2.24) is 0 Å². The Balaban J connectivity index is 1.24. The summed E-state index contributed by atoms with van der Waals surface area (Å²) in [5.41, 5.74) is 9.75. The largest absolute Gasteiger partial charge is 0.355 e. The predicted octanol–water partition coefficient (Wildman–Crippen LogP) is 9.79. The summed E-state index contributed by atoms with van der Waals surface area (Å²) in [4.78, 5) is 0. The highest BCUT2D eigenvalue weighted by molar-refractivity contribution is 5.97. The fraction of sp³-hybridized carbons (Fsp3) is 0.0857. The predicted molar refractivity (Wildman–Crippen MR) is 158 cm³/mol. The molecule has 1 aliphatic carbocycles. The van der Waals surface area contributed by atoms with Crippen molar-refractivity contribution in [3.05, 3.63) is 132 Å². The summed E-state index contributed by atoms with van der Waals surface area (Å²) in [5, 5.41) is 12.3. The van der Waals surface area contributed by atoms with Crippen molar-refractivity contribution in [3.8, 4) is 11.1 Å². The molecule has 0 saturated heterocycles. The Morgan fingerprint density at radius 1 is 0.459 bits per heavy atom. The minimum Gasteiger partial charge on any atom is -0.355 e. The summed E-state index contributed by atoms with van der Waals surface area (Å²) in [7, 11) is 0. The van der Waals surface area contributed by atoms with E-state index in [4.69, 9.17) is 0 Å². The lowest BCUT2D eigenvalue weighted by Gasteiger charge is -2.23. The van der Waals surface area contributed by atoms with Gasteiger partial charge in [-0.25, -0.2) is 0 Å². The molecule has 6 aromatic rings. The molecule has 2 N–H and O–H groups in total. The number of hydrogen-bond acceptors (Lipinski definition) is 2. The summed E-state index contributed by atoms with van der Waals surface area (Å²) >= 11 is 0. The van der Waals surface area contributed by atoms with Crippen LogP contribution in [0.5, 0.6) is 0 Å². The van der Waals surface area contributed by atoms with Gasteiger partial charge in [0, 0.05) is 38.9 Å². The van der Waals surface area contributed by atoms with Crippen molar-refractivity contribution < 1.29 is 0 Å². The normalized spacial score (nSPS) is 13.4. The van der Waals surface area contributed by atoms with Crippen molar-refractivity contribution >= 4 is 44.3 Å². The Hall–Kier alpha value is -4.56. The average molecular weight is 477 g/mol. The van der Waals surface area contributed by atoms with Crippen LogP contribution in [0.2, 0.25) is 0 Å². The molecule has 1 aliphatic rings. The third kappa shape index (κ3) is 3.56. The number of nitrogens with one attached hydrogen (secondary N) is 2. The number of fused-ring (bicyclic) bond motifs is 5. The van der Waals surface area contributed by atoms with Crippen molar-refractivity contribution in [2.75, 3.05) is 10.6 Å². The van der Waals surface area contributed by atoms with E-state index in [1.807, 2.05) is 0 Å². The highest BCUT2D eigenvalue weighted by Gasteiger charge is 2.35. The summed E-state index contributed by atoms with van der Waals surface area (Å²) < 4.78 is 0. The van der Waals surface area contributed by atoms with Crippen LogP contribution in [-0.2, 0) is 5.41 Å². The van der Waals surface area contributed by atoms with E-state index in [1.54, 1.807) is 0 Å². The topological polar surface area (TPSA) is 24.1 Å². The van der Waals surface area contributed by atoms with Crippen molar-refractivity contribution in [2.45, 2.75) is 19.3 Å². The van der Waals surface area contributed by atoms with E-state index in [1.165, 1.54) is 43.8 Å². The van der Waals surface area contributed by atoms with E-state index < -0.39 is 0 Å². The first-order valence-corrected chi connectivity index (χ1v) is 12.9. The third-order valence-corrected chi connectivity index (χ3v) is 7.81. The maximum absolute atomic E-state index is 3.69. The number of anilines is 4. The van der Waals surface area contributed by atoms with Crippen LogP contribution in [0.25, 0.3) is 32.7 Å². The lowest BCUT2D eigenvalue weighted by Crippen LogP contribution is -2.15. The standard InChI is InChI=1S/C35H28N2/c1-35(2)31-21-25(36-33-15-7-11-23-9-3-5-13-27(23)33)17-19-29(31)30-20-18-26(22-32(30)35)37-34-16-8-12-24-10-4-6-14-28(24)34/h3-22,36-37H,1-2H3. The van der Waals surface area contributed by atoms with E-state index in [2.05, 4.69) is 146 Å². The van der Waals surface area contributed by atoms with Crippen LogP contribution in [0.3, 0.4) is 0 Å². The van der Waals surface area contributed by atoms with Gasteiger partial charge in [-0.2, -0.15) is 0 Å². The van der Waals surface area contributed by atoms with Crippen LogP contribution in [0.15, 0.2) is 121 Å². The van der Waals surface area contributed by atoms with Crippen LogP contribution < -0.4 is 10.6 Å².